The van der Waals surface area contributed by atoms with Gasteiger partial charge in [-0.2, -0.15) is 8.42 Å². The quantitative estimate of drug-likeness (QED) is 0.808. The van der Waals surface area contributed by atoms with Crippen LogP contribution in [0.2, 0.25) is 5.02 Å². The Bertz CT molecular complexity index is 422. The number of phenols is 1. The molecular weight excluding hydrogens is 286 g/mol. The molecule has 0 atom stereocenters. The molecule has 0 amide bonds. The third-order valence-electron chi connectivity index (χ3n) is 1.27. The minimum absolute atomic E-state index is 0.0243. The Morgan fingerprint density at radius 1 is 1.46 bits per heavy atom. The van der Waals surface area contributed by atoms with Crippen LogP contribution < -0.4 is 0 Å². The maximum atomic E-state index is 12.4. The van der Waals surface area contributed by atoms with E-state index in [4.69, 9.17) is 16.7 Å². The highest BCUT2D eigenvalue weighted by Gasteiger charge is 2.16. The Morgan fingerprint density at radius 2 is 2.00 bits per heavy atom. The summed E-state index contributed by atoms with van der Waals surface area (Å²) in [6, 6.07) is 1.76. The Labute approximate surface area is 87.5 Å². The molecule has 0 fully saturated rings. The summed E-state index contributed by atoms with van der Waals surface area (Å²) < 4.78 is 33.3. The second-order valence-corrected chi connectivity index (χ2v) is 4.78. The highest BCUT2D eigenvalue weighted by molar-refractivity contribution is 9.10. The van der Waals surface area contributed by atoms with E-state index in [2.05, 4.69) is 15.9 Å². The summed E-state index contributed by atoms with van der Waals surface area (Å²) in [6.45, 7) is 0. The van der Waals surface area contributed by atoms with Crippen molar-refractivity contribution in [2.45, 2.75) is 4.90 Å². The van der Waals surface area contributed by atoms with Gasteiger partial charge < -0.3 is 5.11 Å². The maximum Gasteiger partial charge on any atom is 0.332 e. The molecule has 0 aliphatic rings. The number of benzene rings is 1. The van der Waals surface area contributed by atoms with Gasteiger partial charge in [-0.15, -0.1) is 3.89 Å². The summed E-state index contributed by atoms with van der Waals surface area (Å²) in [4.78, 5) is -0.595. The zero-order valence-corrected chi connectivity index (χ0v) is 9.12. The van der Waals surface area contributed by atoms with Gasteiger partial charge in [0.2, 0.25) is 0 Å². The lowest BCUT2D eigenvalue weighted by molar-refractivity contribution is 0.471. The van der Waals surface area contributed by atoms with Crippen molar-refractivity contribution in [3.63, 3.8) is 0 Å². The van der Waals surface area contributed by atoms with Crippen LogP contribution in [0.3, 0.4) is 0 Å². The number of phenolic OH excluding ortho intramolecular Hbond substituents is 1. The molecule has 0 saturated heterocycles. The van der Waals surface area contributed by atoms with Gasteiger partial charge in [0, 0.05) is 0 Å². The predicted molar refractivity (Wildman–Crippen MR) is 49.1 cm³/mol. The van der Waals surface area contributed by atoms with Crippen LogP contribution in [-0.2, 0) is 10.2 Å². The van der Waals surface area contributed by atoms with Crippen LogP contribution in [0.4, 0.5) is 3.89 Å². The summed E-state index contributed by atoms with van der Waals surface area (Å²) >= 11 is 8.24. The van der Waals surface area contributed by atoms with Crippen molar-refractivity contribution in [2.24, 2.45) is 0 Å². The first-order chi connectivity index (χ1) is 5.82. The normalized spacial score (nSPS) is 11.6. The molecule has 0 aromatic heterocycles. The molecule has 13 heavy (non-hydrogen) atoms. The van der Waals surface area contributed by atoms with Crippen molar-refractivity contribution in [3.8, 4) is 5.75 Å². The zero-order chi connectivity index (χ0) is 10.2. The maximum absolute atomic E-state index is 12.4. The fourth-order valence-electron chi connectivity index (χ4n) is 0.683. The van der Waals surface area contributed by atoms with Gasteiger partial charge in [-0.25, -0.2) is 0 Å². The molecule has 0 aliphatic carbocycles. The summed E-state index contributed by atoms with van der Waals surface area (Å²) in [7, 11) is -4.79. The fraction of sp³-hybridized carbons (Fsp3) is 0. The SMILES string of the molecule is O=S(=O)(F)c1cc(Cl)c(O)c(Br)c1. The average Bonchev–Trinajstić information content (AvgIpc) is 1.97. The second-order valence-electron chi connectivity index (χ2n) is 2.17. The minimum atomic E-state index is -4.79. The van der Waals surface area contributed by atoms with Crippen molar-refractivity contribution in [1.29, 1.82) is 0 Å². The van der Waals surface area contributed by atoms with E-state index in [1.807, 2.05) is 0 Å². The van der Waals surface area contributed by atoms with Crippen molar-refractivity contribution in [3.05, 3.63) is 21.6 Å². The van der Waals surface area contributed by atoms with Crippen molar-refractivity contribution < 1.29 is 17.4 Å². The van der Waals surface area contributed by atoms with E-state index >= 15 is 0 Å². The van der Waals surface area contributed by atoms with Gasteiger partial charge in [-0.1, -0.05) is 11.6 Å². The second kappa shape index (κ2) is 3.43. The van der Waals surface area contributed by atoms with E-state index in [-0.39, 0.29) is 15.2 Å². The van der Waals surface area contributed by atoms with Gasteiger partial charge in [-0.05, 0) is 28.1 Å². The van der Waals surface area contributed by atoms with E-state index in [0.717, 1.165) is 12.1 Å². The molecule has 1 rings (SSSR count). The van der Waals surface area contributed by atoms with E-state index in [1.165, 1.54) is 0 Å². The van der Waals surface area contributed by atoms with E-state index in [9.17, 15) is 12.3 Å². The summed E-state index contributed by atoms with van der Waals surface area (Å²) in [6.07, 6.45) is 0. The molecule has 0 aliphatic heterocycles. The first-order valence-corrected chi connectivity index (χ1v) is 5.50. The smallest absolute Gasteiger partial charge is 0.332 e. The Balaban J connectivity index is 3.47. The van der Waals surface area contributed by atoms with Gasteiger partial charge in [0.1, 0.15) is 10.6 Å². The van der Waals surface area contributed by atoms with E-state index in [1.54, 1.807) is 0 Å². The van der Waals surface area contributed by atoms with Crippen LogP contribution in [0.1, 0.15) is 0 Å². The molecule has 1 aromatic carbocycles. The van der Waals surface area contributed by atoms with Crippen LogP contribution in [-0.4, -0.2) is 13.5 Å². The van der Waals surface area contributed by atoms with Crippen LogP contribution in [0.5, 0.6) is 5.75 Å². The van der Waals surface area contributed by atoms with Crippen LogP contribution in [0, 0.1) is 0 Å². The molecule has 0 radical (unpaired) electrons. The molecule has 0 heterocycles. The first-order valence-electron chi connectivity index (χ1n) is 2.95. The number of aromatic hydroxyl groups is 1. The topological polar surface area (TPSA) is 54.4 Å². The molecule has 7 heteroatoms. The van der Waals surface area contributed by atoms with E-state index in [0.29, 0.717) is 0 Å². The molecule has 1 N–H and O–H groups in total. The minimum Gasteiger partial charge on any atom is -0.505 e. The number of hydrogen-bond acceptors (Lipinski definition) is 3. The molecule has 1 aromatic rings. The van der Waals surface area contributed by atoms with Gasteiger partial charge in [0.25, 0.3) is 0 Å². The van der Waals surface area contributed by atoms with Gasteiger partial charge in [0.05, 0.1) is 9.50 Å². The predicted octanol–water partition coefficient (Wildman–Crippen LogP) is 2.47. The van der Waals surface area contributed by atoms with Crippen LogP contribution >= 0.6 is 27.5 Å². The largest absolute Gasteiger partial charge is 0.505 e. The van der Waals surface area contributed by atoms with Gasteiger partial charge in [0.15, 0.2) is 0 Å². The summed E-state index contributed by atoms with van der Waals surface area (Å²) in [5, 5.41) is 8.87. The molecule has 72 valence electrons. The molecule has 0 saturated carbocycles. The standard InChI is InChI=1S/C6H3BrClFO3S/c7-4-1-3(13(9,11)12)2-5(8)6(4)10/h1-2,10H. The zero-order valence-electron chi connectivity index (χ0n) is 5.96. The van der Waals surface area contributed by atoms with Crippen molar-refractivity contribution in [1.82, 2.24) is 0 Å². The lowest BCUT2D eigenvalue weighted by Crippen LogP contribution is -1.91. The van der Waals surface area contributed by atoms with Crippen molar-refractivity contribution >= 4 is 37.8 Å². The summed E-state index contributed by atoms with van der Waals surface area (Å²) in [5.41, 5.74) is 0. The Kier molecular flexibility index (Phi) is 2.84. The summed E-state index contributed by atoms with van der Waals surface area (Å²) in [5.74, 6) is -0.325. The van der Waals surface area contributed by atoms with Gasteiger partial charge in [-0.3, -0.25) is 0 Å². The number of rotatable bonds is 1. The lowest BCUT2D eigenvalue weighted by Gasteiger charge is -2.01. The highest BCUT2D eigenvalue weighted by atomic mass is 79.9. The average molecular weight is 290 g/mol. The highest BCUT2D eigenvalue weighted by Crippen LogP contribution is 2.34. The van der Waals surface area contributed by atoms with Gasteiger partial charge >= 0.3 is 10.2 Å². The molecule has 0 unspecified atom stereocenters. The third-order valence-corrected chi connectivity index (χ3v) is 2.96. The number of halogens is 3. The number of hydrogen-bond donors (Lipinski definition) is 1. The van der Waals surface area contributed by atoms with E-state index < -0.39 is 15.1 Å². The first kappa shape index (κ1) is 10.7. The molecule has 0 bridgehead atoms. The molecule has 3 nitrogen and oxygen atoms in total. The van der Waals surface area contributed by atoms with Crippen molar-refractivity contribution in [2.75, 3.05) is 0 Å². The monoisotopic (exact) mass is 288 g/mol. The van der Waals surface area contributed by atoms with Crippen LogP contribution in [0.15, 0.2) is 21.5 Å². The Hall–Kier alpha value is -0.330. The lowest BCUT2D eigenvalue weighted by atomic mass is 10.3. The fourth-order valence-corrected chi connectivity index (χ4v) is 2.21. The molecule has 0 spiro atoms. The Morgan fingerprint density at radius 3 is 2.38 bits per heavy atom. The van der Waals surface area contributed by atoms with Crippen LogP contribution in [0.25, 0.3) is 0 Å². The molecular formula is C6H3BrClFO3S. The third kappa shape index (κ3) is 2.32.